The SMILES string of the molecule is O=C(c1ccco1)N1CCCC(OCc2nc(-c3cnccn3)no2)C1. The molecule has 4 heterocycles. The number of amides is 1. The molecule has 1 unspecified atom stereocenters. The average molecular weight is 355 g/mol. The third kappa shape index (κ3) is 3.62. The maximum atomic E-state index is 12.4. The molecule has 4 rings (SSSR count). The molecule has 0 spiro atoms. The van der Waals surface area contributed by atoms with Gasteiger partial charge in [-0.15, -0.1) is 0 Å². The van der Waals surface area contributed by atoms with Gasteiger partial charge in [0.15, 0.2) is 5.76 Å². The summed E-state index contributed by atoms with van der Waals surface area (Å²) in [6, 6.07) is 3.37. The zero-order valence-corrected chi connectivity index (χ0v) is 13.9. The Labute approximate surface area is 149 Å². The topological polar surface area (TPSA) is 107 Å². The number of piperidine rings is 1. The molecule has 0 aliphatic carbocycles. The van der Waals surface area contributed by atoms with E-state index in [0.717, 1.165) is 12.8 Å². The third-order valence-corrected chi connectivity index (χ3v) is 4.10. The van der Waals surface area contributed by atoms with Gasteiger partial charge in [0.25, 0.3) is 11.8 Å². The largest absolute Gasteiger partial charge is 0.459 e. The van der Waals surface area contributed by atoms with Gasteiger partial charge in [-0.1, -0.05) is 5.16 Å². The minimum atomic E-state index is -0.119. The highest BCUT2D eigenvalue weighted by molar-refractivity contribution is 5.91. The van der Waals surface area contributed by atoms with Crippen molar-refractivity contribution in [3.05, 3.63) is 48.6 Å². The van der Waals surface area contributed by atoms with Crippen LogP contribution in [0.15, 0.2) is 45.9 Å². The second kappa shape index (κ2) is 7.44. The van der Waals surface area contributed by atoms with Gasteiger partial charge in [-0.05, 0) is 25.0 Å². The van der Waals surface area contributed by atoms with E-state index < -0.39 is 0 Å². The summed E-state index contributed by atoms with van der Waals surface area (Å²) in [5, 5.41) is 3.88. The van der Waals surface area contributed by atoms with Crippen LogP contribution in [0.25, 0.3) is 11.5 Å². The van der Waals surface area contributed by atoms with Crippen LogP contribution in [0.2, 0.25) is 0 Å². The van der Waals surface area contributed by atoms with Gasteiger partial charge in [0.2, 0.25) is 5.82 Å². The Morgan fingerprint density at radius 3 is 3.15 bits per heavy atom. The molecule has 3 aromatic heterocycles. The highest BCUT2D eigenvalue weighted by atomic mass is 16.5. The summed E-state index contributed by atoms with van der Waals surface area (Å²) in [6.45, 7) is 1.38. The molecule has 0 saturated carbocycles. The molecule has 1 atom stereocenters. The number of furan rings is 1. The molecule has 3 aromatic rings. The van der Waals surface area contributed by atoms with E-state index in [2.05, 4.69) is 20.1 Å². The molecule has 9 nitrogen and oxygen atoms in total. The van der Waals surface area contributed by atoms with Crippen molar-refractivity contribution >= 4 is 5.91 Å². The fraction of sp³-hybridized carbons (Fsp3) is 0.353. The maximum Gasteiger partial charge on any atom is 0.289 e. The van der Waals surface area contributed by atoms with Crippen LogP contribution in [0.5, 0.6) is 0 Å². The van der Waals surface area contributed by atoms with Crippen LogP contribution in [0.1, 0.15) is 29.3 Å². The fourth-order valence-corrected chi connectivity index (χ4v) is 2.84. The third-order valence-electron chi connectivity index (χ3n) is 4.10. The molecular formula is C17H17N5O4. The Balaban J connectivity index is 1.33. The quantitative estimate of drug-likeness (QED) is 0.683. The zero-order chi connectivity index (χ0) is 17.8. The predicted molar refractivity (Wildman–Crippen MR) is 87.7 cm³/mol. The molecule has 1 amide bonds. The Hall–Kier alpha value is -3.07. The van der Waals surface area contributed by atoms with E-state index in [9.17, 15) is 4.79 Å². The Bertz CT molecular complexity index is 849. The first kappa shape index (κ1) is 16.4. The summed E-state index contributed by atoms with van der Waals surface area (Å²) in [6.07, 6.45) is 7.85. The van der Waals surface area contributed by atoms with Crippen molar-refractivity contribution in [1.82, 2.24) is 25.0 Å². The van der Waals surface area contributed by atoms with Crippen LogP contribution in [0.3, 0.4) is 0 Å². The number of carbonyl (C=O) groups is 1. The molecule has 1 saturated heterocycles. The van der Waals surface area contributed by atoms with Gasteiger partial charge < -0.3 is 18.6 Å². The van der Waals surface area contributed by atoms with E-state index in [0.29, 0.717) is 36.3 Å². The molecule has 0 bridgehead atoms. The lowest BCUT2D eigenvalue weighted by molar-refractivity contribution is -0.0160. The summed E-state index contributed by atoms with van der Waals surface area (Å²) < 4.78 is 16.2. The second-order valence-corrected chi connectivity index (χ2v) is 5.91. The number of rotatable bonds is 5. The van der Waals surface area contributed by atoms with Crippen LogP contribution < -0.4 is 0 Å². The molecule has 9 heteroatoms. The molecular weight excluding hydrogens is 338 g/mol. The number of hydrogen-bond acceptors (Lipinski definition) is 8. The van der Waals surface area contributed by atoms with E-state index in [1.165, 1.54) is 6.26 Å². The minimum absolute atomic E-state index is 0.0884. The first-order chi connectivity index (χ1) is 12.8. The van der Waals surface area contributed by atoms with Gasteiger partial charge in [0.1, 0.15) is 12.3 Å². The number of hydrogen-bond donors (Lipinski definition) is 0. The Kier molecular flexibility index (Phi) is 4.69. The molecule has 0 N–H and O–H groups in total. The molecule has 26 heavy (non-hydrogen) atoms. The van der Waals surface area contributed by atoms with Gasteiger partial charge in [-0.25, -0.2) is 4.98 Å². The summed E-state index contributed by atoms with van der Waals surface area (Å²) in [7, 11) is 0. The zero-order valence-electron chi connectivity index (χ0n) is 13.9. The molecule has 0 radical (unpaired) electrons. The second-order valence-electron chi connectivity index (χ2n) is 5.91. The van der Waals surface area contributed by atoms with E-state index in [1.54, 1.807) is 35.6 Å². The normalized spacial score (nSPS) is 17.4. The van der Waals surface area contributed by atoms with Gasteiger partial charge in [-0.3, -0.25) is 9.78 Å². The summed E-state index contributed by atoms with van der Waals surface area (Å²) in [4.78, 5) is 26.5. The van der Waals surface area contributed by atoms with Crippen molar-refractivity contribution in [1.29, 1.82) is 0 Å². The van der Waals surface area contributed by atoms with Crippen LogP contribution in [0, 0.1) is 0 Å². The smallest absolute Gasteiger partial charge is 0.289 e. The predicted octanol–water partition coefficient (Wildman–Crippen LogP) is 1.94. The van der Waals surface area contributed by atoms with Crippen molar-refractivity contribution < 1.29 is 18.5 Å². The van der Waals surface area contributed by atoms with Crippen molar-refractivity contribution in [2.45, 2.75) is 25.6 Å². The highest BCUT2D eigenvalue weighted by Crippen LogP contribution is 2.18. The fourth-order valence-electron chi connectivity index (χ4n) is 2.84. The van der Waals surface area contributed by atoms with Crippen molar-refractivity contribution in [2.24, 2.45) is 0 Å². The molecule has 1 fully saturated rings. The van der Waals surface area contributed by atoms with E-state index in [-0.39, 0.29) is 18.6 Å². The van der Waals surface area contributed by atoms with E-state index in [4.69, 9.17) is 13.7 Å². The maximum absolute atomic E-state index is 12.4. The monoisotopic (exact) mass is 355 g/mol. The number of carbonyl (C=O) groups excluding carboxylic acids is 1. The standard InChI is InChI=1S/C17H17N5O4/c23-17(14-4-2-8-24-14)22-7-1-3-12(10-22)25-11-15-20-16(21-26-15)13-9-18-5-6-19-13/h2,4-6,8-9,12H,1,3,7,10-11H2. The highest BCUT2D eigenvalue weighted by Gasteiger charge is 2.26. The van der Waals surface area contributed by atoms with Crippen LogP contribution >= 0.6 is 0 Å². The van der Waals surface area contributed by atoms with Gasteiger partial charge >= 0.3 is 0 Å². The average Bonchev–Trinajstić information content (AvgIpc) is 3.39. The molecule has 134 valence electrons. The molecule has 0 aromatic carbocycles. The first-order valence-electron chi connectivity index (χ1n) is 8.33. The molecule has 1 aliphatic heterocycles. The lowest BCUT2D eigenvalue weighted by Crippen LogP contribution is -2.43. The van der Waals surface area contributed by atoms with E-state index in [1.807, 2.05) is 0 Å². The lowest BCUT2D eigenvalue weighted by atomic mass is 10.1. The minimum Gasteiger partial charge on any atom is -0.459 e. The lowest BCUT2D eigenvalue weighted by Gasteiger charge is -2.31. The Morgan fingerprint density at radius 2 is 2.35 bits per heavy atom. The van der Waals surface area contributed by atoms with Gasteiger partial charge in [0, 0.05) is 25.5 Å². The number of nitrogens with zero attached hydrogens (tertiary/aromatic N) is 5. The van der Waals surface area contributed by atoms with Crippen LogP contribution in [0.4, 0.5) is 0 Å². The van der Waals surface area contributed by atoms with Crippen molar-refractivity contribution in [3.63, 3.8) is 0 Å². The summed E-state index contributed by atoms with van der Waals surface area (Å²) >= 11 is 0. The van der Waals surface area contributed by atoms with Crippen LogP contribution in [-0.4, -0.2) is 50.1 Å². The van der Waals surface area contributed by atoms with Gasteiger partial charge in [-0.2, -0.15) is 4.98 Å². The molecule has 1 aliphatic rings. The number of aromatic nitrogens is 4. The number of likely N-dealkylation sites (tertiary alicyclic amines) is 1. The van der Waals surface area contributed by atoms with Gasteiger partial charge in [0.05, 0.1) is 18.6 Å². The van der Waals surface area contributed by atoms with Crippen molar-refractivity contribution in [2.75, 3.05) is 13.1 Å². The first-order valence-corrected chi connectivity index (χ1v) is 8.33. The van der Waals surface area contributed by atoms with Crippen LogP contribution in [-0.2, 0) is 11.3 Å². The van der Waals surface area contributed by atoms with E-state index >= 15 is 0 Å². The Morgan fingerprint density at radius 1 is 1.38 bits per heavy atom. The summed E-state index contributed by atoms with van der Waals surface area (Å²) in [5.41, 5.74) is 0.537. The van der Waals surface area contributed by atoms with Crippen molar-refractivity contribution in [3.8, 4) is 11.5 Å². The summed E-state index contributed by atoms with van der Waals surface area (Å²) in [5.74, 6) is 0.956. The number of ether oxygens (including phenoxy) is 1.